The van der Waals surface area contributed by atoms with Crippen molar-refractivity contribution in [1.29, 1.82) is 0 Å². The molecule has 118 valence electrons. The second-order valence-corrected chi connectivity index (χ2v) is 6.13. The molecule has 1 aromatic carbocycles. The molecule has 1 aromatic rings. The van der Waals surface area contributed by atoms with Gasteiger partial charge in [-0.05, 0) is 36.0 Å². The highest BCUT2D eigenvalue weighted by Gasteiger charge is 2.39. The lowest BCUT2D eigenvalue weighted by Gasteiger charge is -2.42. The highest BCUT2D eigenvalue weighted by atomic mass is 19.4. The topological polar surface area (TPSA) is 29.5 Å². The Morgan fingerprint density at radius 1 is 1.24 bits per heavy atom. The van der Waals surface area contributed by atoms with Gasteiger partial charge in [-0.15, -0.1) is 13.2 Å². The minimum Gasteiger partial charge on any atom is -0.406 e. The second kappa shape index (κ2) is 5.87. The van der Waals surface area contributed by atoms with E-state index in [-0.39, 0.29) is 11.7 Å². The second-order valence-electron chi connectivity index (χ2n) is 6.13. The number of aliphatic hydroxyl groups is 1. The van der Waals surface area contributed by atoms with Crippen LogP contribution in [0.4, 0.5) is 13.2 Å². The molecule has 0 amide bonds. The van der Waals surface area contributed by atoms with E-state index in [4.69, 9.17) is 0 Å². The van der Waals surface area contributed by atoms with Crippen molar-refractivity contribution >= 4 is 0 Å². The fourth-order valence-corrected chi connectivity index (χ4v) is 3.15. The molecule has 0 aromatic heterocycles. The van der Waals surface area contributed by atoms with Crippen LogP contribution in [0.2, 0.25) is 0 Å². The number of hydrogen-bond acceptors (Lipinski definition) is 2. The average molecular weight is 302 g/mol. The van der Waals surface area contributed by atoms with Gasteiger partial charge in [-0.1, -0.05) is 38.8 Å². The van der Waals surface area contributed by atoms with Crippen molar-refractivity contribution in [3.05, 3.63) is 29.8 Å². The van der Waals surface area contributed by atoms with E-state index in [0.29, 0.717) is 12.3 Å². The first-order chi connectivity index (χ1) is 9.70. The minimum absolute atomic E-state index is 0.178. The average Bonchev–Trinajstić information content (AvgIpc) is 2.37. The maximum Gasteiger partial charge on any atom is 0.573 e. The zero-order valence-corrected chi connectivity index (χ0v) is 12.3. The van der Waals surface area contributed by atoms with Gasteiger partial charge < -0.3 is 9.84 Å². The fourth-order valence-electron chi connectivity index (χ4n) is 3.15. The van der Waals surface area contributed by atoms with Crippen molar-refractivity contribution in [1.82, 2.24) is 0 Å². The Hall–Kier alpha value is -1.23. The molecular weight excluding hydrogens is 281 g/mol. The first-order valence-electron chi connectivity index (χ1n) is 7.27. The molecule has 3 atom stereocenters. The van der Waals surface area contributed by atoms with Crippen LogP contribution < -0.4 is 4.74 Å². The summed E-state index contributed by atoms with van der Waals surface area (Å²) in [5.41, 5.74) is 0.0531. The van der Waals surface area contributed by atoms with E-state index in [1.807, 2.05) is 6.92 Å². The number of ether oxygens (including phenoxy) is 1. The van der Waals surface area contributed by atoms with Gasteiger partial charge >= 0.3 is 6.36 Å². The number of halogens is 3. The number of hydrogen-bond donors (Lipinski definition) is 1. The summed E-state index contributed by atoms with van der Waals surface area (Å²) in [6.45, 7) is 4.18. The molecule has 0 aliphatic heterocycles. The van der Waals surface area contributed by atoms with Gasteiger partial charge in [0.1, 0.15) is 5.75 Å². The van der Waals surface area contributed by atoms with Crippen LogP contribution in [-0.4, -0.2) is 17.1 Å². The Labute approximate surface area is 122 Å². The van der Waals surface area contributed by atoms with Gasteiger partial charge in [-0.3, -0.25) is 0 Å². The first-order valence-corrected chi connectivity index (χ1v) is 7.27. The Balaban J connectivity index is 2.06. The van der Waals surface area contributed by atoms with E-state index >= 15 is 0 Å². The summed E-state index contributed by atoms with van der Waals surface area (Å²) < 4.78 is 40.2. The Morgan fingerprint density at radius 2 is 1.86 bits per heavy atom. The fraction of sp³-hybridized carbons (Fsp3) is 0.625. The third-order valence-corrected chi connectivity index (χ3v) is 4.64. The van der Waals surface area contributed by atoms with E-state index in [0.717, 1.165) is 24.8 Å². The van der Waals surface area contributed by atoms with Crippen LogP contribution in [-0.2, 0) is 6.42 Å². The van der Waals surface area contributed by atoms with Gasteiger partial charge in [-0.2, -0.15) is 0 Å². The number of benzene rings is 1. The van der Waals surface area contributed by atoms with Gasteiger partial charge in [0.15, 0.2) is 0 Å². The van der Waals surface area contributed by atoms with Crippen LogP contribution in [0.1, 0.15) is 38.7 Å². The van der Waals surface area contributed by atoms with Crippen LogP contribution in [0.15, 0.2) is 24.3 Å². The molecule has 2 nitrogen and oxygen atoms in total. The van der Waals surface area contributed by atoms with Crippen LogP contribution in [0, 0.1) is 11.8 Å². The lowest BCUT2D eigenvalue weighted by Crippen LogP contribution is -2.44. The van der Waals surface area contributed by atoms with E-state index in [2.05, 4.69) is 11.7 Å². The van der Waals surface area contributed by atoms with Crippen molar-refractivity contribution < 1.29 is 23.0 Å². The van der Waals surface area contributed by atoms with Gasteiger partial charge in [-0.25, -0.2) is 0 Å². The Morgan fingerprint density at radius 3 is 2.43 bits per heavy atom. The third-order valence-electron chi connectivity index (χ3n) is 4.64. The number of alkyl halides is 3. The summed E-state index contributed by atoms with van der Waals surface area (Å²) in [7, 11) is 0. The smallest absolute Gasteiger partial charge is 0.406 e. The maximum absolute atomic E-state index is 12.1. The number of rotatable bonds is 3. The molecule has 1 aliphatic rings. The molecule has 1 N–H and O–H groups in total. The highest BCUT2D eigenvalue weighted by molar-refractivity contribution is 5.28. The van der Waals surface area contributed by atoms with Crippen molar-refractivity contribution in [3.63, 3.8) is 0 Å². The summed E-state index contributed by atoms with van der Waals surface area (Å²) in [4.78, 5) is 0. The molecule has 0 spiro atoms. The molecule has 21 heavy (non-hydrogen) atoms. The van der Waals surface area contributed by atoms with Crippen molar-refractivity contribution in [2.45, 2.75) is 51.5 Å². The third kappa shape index (κ3) is 4.13. The van der Waals surface area contributed by atoms with Crippen molar-refractivity contribution in [2.75, 3.05) is 0 Å². The zero-order valence-electron chi connectivity index (χ0n) is 12.3. The predicted octanol–water partition coefficient (Wildman–Crippen LogP) is 4.31. The Kier molecular flexibility index (Phi) is 4.51. The summed E-state index contributed by atoms with van der Waals surface area (Å²) in [5.74, 6) is 0.400. The summed E-state index contributed by atoms with van der Waals surface area (Å²) in [5, 5.41) is 10.8. The van der Waals surface area contributed by atoms with E-state index < -0.39 is 12.0 Å². The largest absolute Gasteiger partial charge is 0.573 e. The molecule has 0 bridgehead atoms. The molecular formula is C16H21F3O2. The van der Waals surface area contributed by atoms with Crippen molar-refractivity contribution in [2.24, 2.45) is 11.8 Å². The highest BCUT2D eigenvalue weighted by Crippen LogP contribution is 2.39. The van der Waals surface area contributed by atoms with Crippen LogP contribution in [0.5, 0.6) is 5.75 Å². The SMILES string of the molecule is CC1CCCC(O)(Cc2ccc(OC(F)(F)F)cc2)C1C. The molecule has 1 fully saturated rings. The van der Waals surface area contributed by atoms with Gasteiger partial charge in [0.2, 0.25) is 0 Å². The zero-order chi connectivity index (χ0) is 15.7. The predicted molar refractivity (Wildman–Crippen MR) is 74.0 cm³/mol. The van der Waals surface area contributed by atoms with E-state index in [1.165, 1.54) is 12.1 Å². The molecule has 3 unspecified atom stereocenters. The van der Waals surface area contributed by atoms with Gasteiger partial charge in [0, 0.05) is 6.42 Å². The first kappa shape index (κ1) is 16.1. The minimum atomic E-state index is -4.67. The van der Waals surface area contributed by atoms with Crippen LogP contribution in [0.25, 0.3) is 0 Å². The lowest BCUT2D eigenvalue weighted by molar-refractivity contribution is -0.274. The standard InChI is InChI=1S/C16H21F3O2/c1-11-4-3-9-15(20,12(11)2)10-13-5-7-14(8-6-13)21-16(17,18)19/h5-8,11-12,20H,3-4,9-10H2,1-2H3. The van der Waals surface area contributed by atoms with Gasteiger partial charge in [0.25, 0.3) is 0 Å². The van der Waals surface area contributed by atoms with Gasteiger partial charge in [0.05, 0.1) is 5.60 Å². The van der Waals surface area contributed by atoms with Crippen LogP contribution >= 0.6 is 0 Å². The molecule has 5 heteroatoms. The lowest BCUT2D eigenvalue weighted by atomic mass is 9.68. The molecule has 0 heterocycles. The van der Waals surface area contributed by atoms with E-state index in [1.54, 1.807) is 12.1 Å². The normalized spacial score (nSPS) is 30.2. The summed E-state index contributed by atoms with van der Waals surface area (Å²) in [6, 6.07) is 5.77. The quantitative estimate of drug-likeness (QED) is 0.901. The van der Waals surface area contributed by atoms with Crippen molar-refractivity contribution in [3.8, 4) is 5.75 Å². The van der Waals surface area contributed by atoms with Crippen LogP contribution in [0.3, 0.4) is 0 Å². The molecule has 1 aliphatic carbocycles. The molecule has 2 rings (SSSR count). The monoisotopic (exact) mass is 302 g/mol. The summed E-state index contributed by atoms with van der Waals surface area (Å²) in [6.07, 6.45) is -1.38. The van der Waals surface area contributed by atoms with E-state index in [9.17, 15) is 18.3 Å². The molecule has 0 saturated heterocycles. The Bertz CT molecular complexity index is 469. The molecule has 0 radical (unpaired) electrons. The summed E-state index contributed by atoms with van der Waals surface area (Å²) >= 11 is 0. The maximum atomic E-state index is 12.1. The molecule has 1 saturated carbocycles.